The lowest BCUT2D eigenvalue weighted by Gasteiger charge is -2.39. The number of hydrogen-bond acceptors (Lipinski definition) is 3. The molecule has 3 nitrogen and oxygen atoms in total. The first-order chi connectivity index (χ1) is 8.13. The number of aryl methyl sites for hydroxylation is 1. The van der Waals surface area contributed by atoms with Crippen molar-refractivity contribution in [2.75, 3.05) is 18.1 Å². The third-order valence-electron chi connectivity index (χ3n) is 3.25. The van der Waals surface area contributed by atoms with Gasteiger partial charge in [0.2, 0.25) is 0 Å². The van der Waals surface area contributed by atoms with Gasteiger partial charge in [-0.05, 0) is 32.4 Å². The van der Waals surface area contributed by atoms with Crippen LogP contribution in [-0.2, 0) is 4.74 Å². The van der Waals surface area contributed by atoms with E-state index in [4.69, 9.17) is 4.74 Å². The van der Waals surface area contributed by atoms with E-state index in [2.05, 4.69) is 37.8 Å². The zero-order valence-corrected chi connectivity index (χ0v) is 10.6. The van der Waals surface area contributed by atoms with Crippen LogP contribution >= 0.6 is 0 Å². The lowest BCUT2D eigenvalue weighted by atomic mass is 10.0. The molecule has 2 rings (SSSR count). The molecule has 0 amide bonds. The zero-order chi connectivity index (χ0) is 12.4. The maximum atomic E-state index is 9.22. The minimum atomic E-state index is 0.220. The number of para-hydroxylation sites is 1. The average Bonchev–Trinajstić information content (AvgIpc) is 2.32. The molecule has 1 saturated heterocycles. The largest absolute Gasteiger partial charge is 0.375 e. The second kappa shape index (κ2) is 4.77. The van der Waals surface area contributed by atoms with Crippen molar-refractivity contribution in [1.82, 2.24) is 0 Å². The summed E-state index contributed by atoms with van der Waals surface area (Å²) in [6.45, 7) is 7.84. The smallest absolute Gasteiger partial charge is 0.101 e. The molecule has 0 aromatic heterocycles. The van der Waals surface area contributed by atoms with Crippen molar-refractivity contribution in [2.24, 2.45) is 0 Å². The number of hydrogen-bond donors (Lipinski definition) is 0. The van der Waals surface area contributed by atoms with Gasteiger partial charge in [0.25, 0.3) is 0 Å². The fourth-order valence-corrected chi connectivity index (χ4v) is 2.35. The fraction of sp³-hybridized carbons (Fsp3) is 0.500. The van der Waals surface area contributed by atoms with Crippen molar-refractivity contribution in [3.05, 3.63) is 29.3 Å². The van der Waals surface area contributed by atoms with Gasteiger partial charge in [-0.3, -0.25) is 0 Å². The fourth-order valence-electron chi connectivity index (χ4n) is 2.35. The molecular formula is C14H18N2O. The highest BCUT2D eigenvalue weighted by Gasteiger charge is 2.26. The average molecular weight is 230 g/mol. The van der Waals surface area contributed by atoms with Crippen molar-refractivity contribution < 1.29 is 4.74 Å². The molecule has 1 aliphatic rings. The van der Waals surface area contributed by atoms with Crippen LogP contribution < -0.4 is 4.90 Å². The van der Waals surface area contributed by atoms with Crippen LogP contribution in [0.15, 0.2) is 18.2 Å². The quantitative estimate of drug-likeness (QED) is 0.743. The monoisotopic (exact) mass is 230 g/mol. The molecule has 2 unspecified atom stereocenters. The minimum absolute atomic E-state index is 0.220. The molecule has 1 aromatic rings. The van der Waals surface area contributed by atoms with Crippen LogP contribution in [0.5, 0.6) is 0 Å². The molecule has 1 fully saturated rings. The Hall–Kier alpha value is -1.53. The second-order valence-corrected chi connectivity index (χ2v) is 4.73. The van der Waals surface area contributed by atoms with E-state index in [1.54, 1.807) is 0 Å². The van der Waals surface area contributed by atoms with Gasteiger partial charge in [-0.25, -0.2) is 0 Å². The van der Waals surface area contributed by atoms with Gasteiger partial charge in [-0.15, -0.1) is 0 Å². The number of morpholine rings is 1. The van der Waals surface area contributed by atoms with Crippen molar-refractivity contribution in [2.45, 2.75) is 32.9 Å². The molecule has 17 heavy (non-hydrogen) atoms. The topological polar surface area (TPSA) is 36.3 Å². The van der Waals surface area contributed by atoms with Gasteiger partial charge in [0.1, 0.15) is 6.07 Å². The minimum Gasteiger partial charge on any atom is -0.375 e. The Morgan fingerprint density at radius 1 is 1.41 bits per heavy atom. The van der Waals surface area contributed by atoms with Crippen LogP contribution in [0, 0.1) is 18.3 Å². The van der Waals surface area contributed by atoms with Gasteiger partial charge in [-0.1, -0.05) is 12.1 Å². The molecule has 2 atom stereocenters. The van der Waals surface area contributed by atoms with Crippen molar-refractivity contribution in [3.63, 3.8) is 0 Å². The Kier molecular flexibility index (Phi) is 3.35. The molecule has 1 aliphatic heterocycles. The SMILES string of the molecule is Cc1cccc(C#N)c1N1CC(C)OCC1C. The molecule has 0 aliphatic carbocycles. The van der Waals surface area contributed by atoms with Gasteiger partial charge in [-0.2, -0.15) is 5.26 Å². The standard InChI is InChI=1S/C14H18N2O/c1-10-5-4-6-13(7-15)14(10)16-8-12(3)17-9-11(16)2/h4-6,11-12H,8-9H2,1-3H3. The third kappa shape index (κ3) is 2.27. The first kappa shape index (κ1) is 11.9. The van der Waals surface area contributed by atoms with Crippen LogP contribution in [0.1, 0.15) is 25.0 Å². The molecule has 0 N–H and O–H groups in total. The summed E-state index contributed by atoms with van der Waals surface area (Å²) in [5.41, 5.74) is 2.98. The van der Waals surface area contributed by atoms with Gasteiger partial charge in [0, 0.05) is 12.6 Å². The maximum absolute atomic E-state index is 9.22. The Balaban J connectivity index is 2.42. The summed E-state index contributed by atoms with van der Waals surface area (Å²) in [7, 11) is 0. The Morgan fingerprint density at radius 2 is 2.18 bits per heavy atom. The molecule has 3 heteroatoms. The summed E-state index contributed by atoms with van der Waals surface area (Å²) >= 11 is 0. The Labute approximate surface area is 103 Å². The summed E-state index contributed by atoms with van der Waals surface area (Å²) in [6.07, 6.45) is 0.220. The summed E-state index contributed by atoms with van der Waals surface area (Å²) < 4.78 is 5.63. The van der Waals surface area contributed by atoms with E-state index >= 15 is 0 Å². The summed E-state index contributed by atoms with van der Waals surface area (Å²) in [5.74, 6) is 0. The van der Waals surface area contributed by atoms with Crippen molar-refractivity contribution in [3.8, 4) is 6.07 Å². The second-order valence-electron chi connectivity index (χ2n) is 4.73. The zero-order valence-electron chi connectivity index (χ0n) is 10.6. The number of ether oxygens (including phenoxy) is 1. The lowest BCUT2D eigenvalue weighted by molar-refractivity contribution is 0.0343. The molecule has 0 radical (unpaired) electrons. The maximum Gasteiger partial charge on any atom is 0.101 e. The molecule has 90 valence electrons. The normalized spacial score (nSPS) is 24.5. The highest BCUT2D eigenvalue weighted by atomic mass is 16.5. The Bertz CT molecular complexity index is 450. The van der Waals surface area contributed by atoms with E-state index in [1.165, 1.54) is 0 Å². The number of rotatable bonds is 1. The predicted octanol–water partition coefficient (Wildman–Crippen LogP) is 2.48. The van der Waals surface area contributed by atoms with Crippen molar-refractivity contribution in [1.29, 1.82) is 5.26 Å². The Morgan fingerprint density at radius 3 is 2.88 bits per heavy atom. The summed E-state index contributed by atoms with van der Waals surface area (Å²) in [6, 6.07) is 8.48. The molecule has 0 spiro atoms. The number of anilines is 1. The van der Waals surface area contributed by atoms with Crippen LogP contribution in [-0.4, -0.2) is 25.3 Å². The van der Waals surface area contributed by atoms with Crippen molar-refractivity contribution >= 4 is 5.69 Å². The van der Waals surface area contributed by atoms with E-state index < -0.39 is 0 Å². The van der Waals surface area contributed by atoms with Crippen LogP contribution in [0.25, 0.3) is 0 Å². The number of nitriles is 1. The predicted molar refractivity (Wildman–Crippen MR) is 68.1 cm³/mol. The molecule has 0 bridgehead atoms. The van der Waals surface area contributed by atoms with Gasteiger partial charge in [0.05, 0.1) is 24.0 Å². The van der Waals surface area contributed by atoms with E-state index in [9.17, 15) is 5.26 Å². The lowest BCUT2D eigenvalue weighted by Crippen LogP contribution is -2.48. The van der Waals surface area contributed by atoms with E-state index in [-0.39, 0.29) is 6.10 Å². The first-order valence-electron chi connectivity index (χ1n) is 6.01. The van der Waals surface area contributed by atoms with E-state index in [0.717, 1.165) is 30.0 Å². The van der Waals surface area contributed by atoms with Gasteiger partial charge in [0.15, 0.2) is 0 Å². The molecule has 1 aromatic carbocycles. The number of nitrogens with zero attached hydrogens (tertiary/aromatic N) is 2. The highest BCUT2D eigenvalue weighted by molar-refractivity contribution is 5.64. The van der Waals surface area contributed by atoms with Crippen LogP contribution in [0.2, 0.25) is 0 Å². The summed E-state index contributed by atoms with van der Waals surface area (Å²) in [4.78, 5) is 2.29. The third-order valence-corrected chi connectivity index (χ3v) is 3.25. The summed E-state index contributed by atoms with van der Waals surface area (Å²) in [5, 5.41) is 9.22. The van der Waals surface area contributed by atoms with Crippen LogP contribution in [0.4, 0.5) is 5.69 Å². The number of benzene rings is 1. The molecule has 1 heterocycles. The highest BCUT2D eigenvalue weighted by Crippen LogP contribution is 2.28. The molecule has 0 saturated carbocycles. The van der Waals surface area contributed by atoms with E-state index in [1.807, 2.05) is 12.1 Å². The van der Waals surface area contributed by atoms with Gasteiger partial charge >= 0.3 is 0 Å². The van der Waals surface area contributed by atoms with E-state index in [0.29, 0.717) is 6.04 Å². The van der Waals surface area contributed by atoms with Gasteiger partial charge < -0.3 is 9.64 Å². The molecular weight excluding hydrogens is 212 g/mol. The first-order valence-corrected chi connectivity index (χ1v) is 6.01. The van der Waals surface area contributed by atoms with Crippen LogP contribution in [0.3, 0.4) is 0 Å².